The van der Waals surface area contributed by atoms with E-state index in [1.54, 1.807) is 6.26 Å². The van der Waals surface area contributed by atoms with Crippen molar-refractivity contribution in [2.24, 2.45) is 0 Å². The average molecular weight is 353 g/mol. The SMILES string of the molecule is CSC1=C(O)C(COPP)OC1n1cc(F)c(N)nc1=O. The van der Waals surface area contributed by atoms with Crippen LogP contribution < -0.4 is 11.4 Å². The zero-order valence-electron chi connectivity index (χ0n) is 10.9. The van der Waals surface area contributed by atoms with Crippen LogP contribution in [-0.4, -0.2) is 33.6 Å². The molecule has 0 saturated carbocycles. The number of anilines is 1. The second-order valence-corrected chi connectivity index (χ2v) is 6.10. The maximum Gasteiger partial charge on any atom is 0.352 e. The topological polar surface area (TPSA) is 99.6 Å². The molecule has 21 heavy (non-hydrogen) atoms. The van der Waals surface area contributed by atoms with Gasteiger partial charge in [0.1, 0.15) is 11.9 Å². The molecule has 0 aromatic carbocycles. The van der Waals surface area contributed by atoms with Gasteiger partial charge in [0.05, 0.1) is 17.7 Å². The number of aromatic nitrogens is 2. The molecule has 0 bridgehead atoms. The van der Waals surface area contributed by atoms with Gasteiger partial charge < -0.3 is 20.1 Å². The van der Waals surface area contributed by atoms with E-state index in [0.717, 1.165) is 10.8 Å². The number of aliphatic hydroxyl groups excluding tert-OH is 1. The third kappa shape index (κ3) is 3.38. The summed E-state index contributed by atoms with van der Waals surface area (Å²) < 4.78 is 25.3. The number of nitrogens with zero attached hydrogens (tertiary/aromatic N) is 2. The largest absolute Gasteiger partial charge is 0.508 e. The number of ether oxygens (including phenoxy) is 1. The Morgan fingerprint density at radius 3 is 3.10 bits per heavy atom. The van der Waals surface area contributed by atoms with Gasteiger partial charge in [0.25, 0.3) is 0 Å². The molecule has 11 heteroatoms. The third-order valence-corrected chi connectivity index (χ3v) is 4.48. The molecule has 1 aliphatic heterocycles. The van der Waals surface area contributed by atoms with Crippen LogP contribution in [0.5, 0.6) is 0 Å². The minimum atomic E-state index is -0.948. The first-order valence-electron chi connectivity index (χ1n) is 5.73. The number of halogens is 1. The number of nitrogen functional groups attached to an aromatic ring is 1. The van der Waals surface area contributed by atoms with Crippen LogP contribution >= 0.6 is 29.2 Å². The molecule has 4 unspecified atom stereocenters. The molecular formula is C10H14FN3O4P2S. The maximum absolute atomic E-state index is 13.5. The van der Waals surface area contributed by atoms with Crippen LogP contribution in [-0.2, 0) is 9.26 Å². The summed E-state index contributed by atoms with van der Waals surface area (Å²) in [5, 5.41) is 10.1. The molecule has 0 amide bonds. The van der Waals surface area contributed by atoms with Crippen molar-refractivity contribution in [3.05, 3.63) is 33.2 Å². The Morgan fingerprint density at radius 2 is 2.48 bits per heavy atom. The van der Waals surface area contributed by atoms with Crippen molar-refractivity contribution in [3.63, 3.8) is 0 Å². The van der Waals surface area contributed by atoms with Crippen LogP contribution in [0.15, 0.2) is 21.7 Å². The monoisotopic (exact) mass is 353 g/mol. The third-order valence-electron chi connectivity index (χ3n) is 2.80. The predicted molar refractivity (Wildman–Crippen MR) is 83.9 cm³/mol. The highest BCUT2D eigenvalue weighted by Gasteiger charge is 2.36. The molecule has 116 valence electrons. The Morgan fingerprint density at radius 1 is 1.76 bits per heavy atom. The van der Waals surface area contributed by atoms with Gasteiger partial charge in [-0.3, -0.25) is 4.57 Å². The Hall–Kier alpha value is -0.720. The molecule has 4 atom stereocenters. The molecule has 2 heterocycles. The van der Waals surface area contributed by atoms with E-state index >= 15 is 0 Å². The van der Waals surface area contributed by atoms with E-state index in [9.17, 15) is 14.3 Å². The first-order chi connectivity index (χ1) is 9.99. The summed E-state index contributed by atoms with van der Waals surface area (Å²) in [6, 6.07) is 0. The second-order valence-electron chi connectivity index (χ2n) is 4.02. The number of hydrogen-bond donors (Lipinski definition) is 2. The lowest BCUT2D eigenvalue weighted by molar-refractivity contribution is -0.0186. The van der Waals surface area contributed by atoms with Crippen molar-refractivity contribution in [1.82, 2.24) is 9.55 Å². The van der Waals surface area contributed by atoms with Gasteiger partial charge in [-0.1, -0.05) is 8.93 Å². The smallest absolute Gasteiger partial charge is 0.352 e. The molecule has 0 saturated heterocycles. The van der Waals surface area contributed by atoms with E-state index < -0.39 is 29.7 Å². The van der Waals surface area contributed by atoms with Crippen LogP contribution in [0.25, 0.3) is 0 Å². The zero-order valence-corrected chi connectivity index (χ0v) is 13.9. The summed E-state index contributed by atoms with van der Waals surface area (Å²) >= 11 is 1.20. The van der Waals surface area contributed by atoms with E-state index in [1.807, 2.05) is 0 Å². The van der Waals surface area contributed by atoms with E-state index in [-0.39, 0.29) is 20.9 Å². The zero-order chi connectivity index (χ0) is 15.6. The van der Waals surface area contributed by atoms with Crippen molar-refractivity contribution in [2.45, 2.75) is 12.3 Å². The van der Waals surface area contributed by atoms with Gasteiger partial charge in [0, 0.05) is 8.50 Å². The molecule has 0 fully saturated rings. The molecule has 0 aliphatic carbocycles. The summed E-state index contributed by atoms with van der Waals surface area (Å²) in [6.07, 6.45) is 0.975. The maximum atomic E-state index is 13.5. The predicted octanol–water partition coefficient (Wildman–Crippen LogP) is 1.39. The van der Waals surface area contributed by atoms with E-state index in [0.29, 0.717) is 4.91 Å². The van der Waals surface area contributed by atoms with Crippen LogP contribution in [0.3, 0.4) is 0 Å². The molecule has 0 radical (unpaired) electrons. The number of aliphatic hydroxyl groups is 1. The number of hydrogen-bond acceptors (Lipinski definition) is 7. The van der Waals surface area contributed by atoms with Crippen molar-refractivity contribution in [3.8, 4) is 0 Å². The summed E-state index contributed by atoms with van der Waals surface area (Å²) in [6.45, 7) is 0.133. The highest BCUT2D eigenvalue weighted by molar-refractivity contribution is 8.02. The molecule has 1 aliphatic rings. The molecule has 2 rings (SSSR count). The highest BCUT2D eigenvalue weighted by atomic mass is 32.2. The summed E-state index contributed by atoms with van der Waals surface area (Å²) in [7, 11) is 2.57. The van der Waals surface area contributed by atoms with Crippen LogP contribution in [0, 0.1) is 5.82 Å². The molecule has 7 nitrogen and oxygen atoms in total. The van der Waals surface area contributed by atoms with Gasteiger partial charge in [0.2, 0.25) is 0 Å². The van der Waals surface area contributed by atoms with Crippen molar-refractivity contribution < 1.29 is 18.8 Å². The van der Waals surface area contributed by atoms with Gasteiger partial charge in [-0.15, -0.1) is 11.8 Å². The van der Waals surface area contributed by atoms with Crippen LogP contribution in [0.2, 0.25) is 0 Å². The first-order valence-corrected chi connectivity index (χ1v) is 9.67. The Balaban J connectivity index is 2.37. The van der Waals surface area contributed by atoms with Crippen LogP contribution in [0.4, 0.5) is 10.2 Å². The van der Waals surface area contributed by atoms with Gasteiger partial charge in [-0.05, 0) is 6.26 Å². The van der Waals surface area contributed by atoms with Gasteiger partial charge in [-0.25, -0.2) is 9.18 Å². The fraction of sp³-hybridized carbons (Fsp3) is 0.400. The first kappa shape index (κ1) is 16.6. The highest BCUT2D eigenvalue weighted by Crippen LogP contribution is 2.39. The second kappa shape index (κ2) is 7.03. The molecule has 1 aromatic heterocycles. The Bertz CT molecular complexity index is 627. The fourth-order valence-electron chi connectivity index (χ4n) is 1.83. The molecule has 0 spiro atoms. The van der Waals surface area contributed by atoms with Gasteiger partial charge >= 0.3 is 5.69 Å². The van der Waals surface area contributed by atoms with Crippen molar-refractivity contribution in [2.75, 3.05) is 18.6 Å². The number of rotatable bonds is 5. The van der Waals surface area contributed by atoms with Crippen molar-refractivity contribution in [1.29, 1.82) is 0 Å². The number of thioether (sulfide) groups is 1. The molecule has 3 N–H and O–H groups in total. The quantitative estimate of drug-likeness (QED) is 0.772. The summed E-state index contributed by atoms with van der Waals surface area (Å²) in [5.74, 6) is -1.33. The Kier molecular flexibility index (Phi) is 5.57. The minimum absolute atomic E-state index is 0.0279. The fourth-order valence-corrected chi connectivity index (χ4v) is 3.08. The minimum Gasteiger partial charge on any atom is -0.508 e. The number of nitrogens with two attached hydrogens (primary N) is 1. The van der Waals surface area contributed by atoms with E-state index in [2.05, 4.69) is 13.9 Å². The lowest BCUT2D eigenvalue weighted by atomic mass is 10.3. The van der Waals surface area contributed by atoms with Crippen LogP contribution in [0.1, 0.15) is 6.23 Å². The summed E-state index contributed by atoms with van der Waals surface area (Å²) in [4.78, 5) is 15.6. The summed E-state index contributed by atoms with van der Waals surface area (Å²) in [5.41, 5.74) is 4.49. The average Bonchev–Trinajstić information content (AvgIpc) is 2.76. The van der Waals surface area contributed by atoms with Crippen molar-refractivity contribution >= 4 is 35.0 Å². The van der Waals surface area contributed by atoms with E-state index in [1.165, 1.54) is 11.8 Å². The Labute approximate surface area is 128 Å². The normalized spacial score (nSPS) is 22.6. The van der Waals surface area contributed by atoms with E-state index in [4.69, 9.17) is 15.0 Å². The standard InChI is InChI=1S/C10H14FN3O4P2S/c1-21-7-6(15)5(3-17-20-19)18-9(7)14-2-4(11)8(12)13-10(14)16/h2,5,9,15,20H,3,19H2,1H3,(H2,12,13,16). The molecule has 1 aromatic rings. The van der Waals surface area contributed by atoms with Gasteiger partial charge in [-0.2, -0.15) is 4.98 Å². The lowest BCUT2D eigenvalue weighted by Crippen LogP contribution is -2.30. The van der Waals surface area contributed by atoms with Gasteiger partial charge in [0.15, 0.2) is 17.9 Å². The molecular weight excluding hydrogens is 339 g/mol. The lowest BCUT2D eigenvalue weighted by Gasteiger charge is -2.17.